The van der Waals surface area contributed by atoms with Gasteiger partial charge in [-0.2, -0.15) is 0 Å². The summed E-state index contributed by atoms with van der Waals surface area (Å²) in [4.78, 5) is 22.5. The van der Waals surface area contributed by atoms with Gasteiger partial charge >= 0.3 is 5.63 Å². The monoisotopic (exact) mass is 237 g/mol. The summed E-state index contributed by atoms with van der Waals surface area (Å²) < 4.78 is 4.62. The Bertz CT molecular complexity index is 471. The average Bonchev–Trinajstić information content (AvgIpc) is 2.29. The van der Waals surface area contributed by atoms with Crippen molar-refractivity contribution in [2.45, 2.75) is 32.4 Å². The van der Waals surface area contributed by atoms with Crippen molar-refractivity contribution in [1.29, 1.82) is 0 Å². The Balaban J connectivity index is 2.03. The number of amides is 1. The van der Waals surface area contributed by atoms with E-state index in [0.717, 1.165) is 6.26 Å². The van der Waals surface area contributed by atoms with Gasteiger partial charge in [-0.3, -0.25) is 4.79 Å². The van der Waals surface area contributed by atoms with Gasteiger partial charge in [-0.25, -0.2) is 4.79 Å². The highest BCUT2D eigenvalue weighted by Gasteiger charge is 2.47. The molecule has 2 atom stereocenters. The Morgan fingerprint density at radius 1 is 1.53 bits per heavy atom. The standard InChI is InChI=1S/C12H15NO4/c1-12(2)8(5-9(12)14)13-11(16)7-3-4-10(15)17-6-7/h3-4,6,8-9,14H,5H2,1-2H3,(H,13,16). The Morgan fingerprint density at radius 2 is 2.24 bits per heavy atom. The number of carbonyl (C=O) groups is 1. The molecule has 1 fully saturated rings. The number of hydrogen-bond donors (Lipinski definition) is 2. The fourth-order valence-corrected chi connectivity index (χ4v) is 1.88. The molecule has 92 valence electrons. The van der Waals surface area contributed by atoms with Crippen molar-refractivity contribution >= 4 is 5.91 Å². The quantitative estimate of drug-likeness (QED) is 0.786. The third-order valence-electron chi connectivity index (χ3n) is 3.48. The van der Waals surface area contributed by atoms with E-state index in [0.29, 0.717) is 12.0 Å². The molecule has 1 aromatic heterocycles. The van der Waals surface area contributed by atoms with E-state index in [-0.39, 0.29) is 23.5 Å². The molecule has 5 heteroatoms. The second-order valence-electron chi connectivity index (χ2n) is 4.94. The smallest absolute Gasteiger partial charge is 0.335 e. The van der Waals surface area contributed by atoms with Crippen molar-refractivity contribution in [1.82, 2.24) is 5.32 Å². The summed E-state index contributed by atoms with van der Waals surface area (Å²) in [5, 5.41) is 12.4. The Labute approximate surface area is 98.5 Å². The Hall–Kier alpha value is -1.62. The lowest BCUT2D eigenvalue weighted by atomic mass is 9.64. The number of carbonyl (C=O) groups excluding carboxylic acids is 1. The molecule has 0 radical (unpaired) electrons. The molecule has 0 saturated heterocycles. The van der Waals surface area contributed by atoms with Gasteiger partial charge in [-0.05, 0) is 12.5 Å². The van der Waals surface area contributed by atoms with Crippen molar-refractivity contribution in [3.8, 4) is 0 Å². The van der Waals surface area contributed by atoms with Crippen molar-refractivity contribution in [2.24, 2.45) is 5.41 Å². The molecule has 1 aliphatic carbocycles. The lowest BCUT2D eigenvalue weighted by Crippen LogP contribution is -2.61. The van der Waals surface area contributed by atoms with Crippen molar-refractivity contribution < 1.29 is 14.3 Å². The highest BCUT2D eigenvalue weighted by molar-refractivity contribution is 5.94. The minimum Gasteiger partial charge on any atom is -0.430 e. The van der Waals surface area contributed by atoms with Crippen LogP contribution in [0.2, 0.25) is 0 Å². The number of aliphatic hydroxyl groups is 1. The van der Waals surface area contributed by atoms with Crippen LogP contribution >= 0.6 is 0 Å². The van der Waals surface area contributed by atoms with Crippen LogP contribution in [0.25, 0.3) is 0 Å². The SMILES string of the molecule is CC1(C)C(O)CC1NC(=O)c1ccc(=O)oc1. The van der Waals surface area contributed by atoms with E-state index >= 15 is 0 Å². The average molecular weight is 237 g/mol. The van der Waals surface area contributed by atoms with Gasteiger partial charge in [0.1, 0.15) is 6.26 Å². The van der Waals surface area contributed by atoms with Crippen molar-refractivity contribution in [3.05, 3.63) is 34.4 Å². The predicted octanol–water partition coefficient (Wildman–Crippen LogP) is 0.529. The maximum atomic E-state index is 11.8. The van der Waals surface area contributed by atoms with Crippen LogP contribution in [0.3, 0.4) is 0 Å². The molecule has 0 aliphatic heterocycles. The second-order valence-corrected chi connectivity index (χ2v) is 4.94. The van der Waals surface area contributed by atoms with Crippen LogP contribution < -0.4 is 10.9 Å². The van der Waals surface area contributed by atoms with Gasteiger partial charge in [0.25, 0.3) is 5.91 Å². The highest BCUT2D eigenvalue weighted by atomic mass is 16.4. The molecule has 1 aromatic rings. The van der Waals surface area contributed by atoms with Crippen LogP contribution in [-0.4, -0.2) is 23.2 Å². The maximum absolute atomic E-state index is 11.8. The highest BCUT2D eigenvalue weighted by Crippen LogP contribution is 2.40. The third kappa shape index (κ3) is 2.10. The van der Waals surface area contributed by atoms with Gasteiger partial charge in [0.2, 0.25) is 0 Å². The zero-order valence-corrected chi connectivity index (χ0v) is 9.77. The number of rotatable bonds is 2. The Morgan fingerprint density at radius 3 is 2.71 bits per heavy atom. The van der Waals surface area contributed by atoms with E-state index in [1.807, 2.05) is 13.8 Å². The molecule has 0 bridgehead atoms. The lowest BCUT2D eigenvalue weighted by molar-refractivity contribution is -0.0689. The Kier molecular flexibility index (Phi) is 2.79. The van der Waals surface area contributed by atoms with E-state index in [2.05, 4.69) is 9.73 Å². The lowest BCUT2D eigenvalue weighted by Gasteiger charge is -2.49. The van der Waals surface area contributed by atoms with Crippen molar-refractivity contribution in [2.75, 3.05) is 0 Å². The second kappa shape index (κ2) is 4.00. The zero-order valence-electron chi connectivity index (χ0n) is 9.77. The molecule has 5 nitrogen and oxygen atoms in total. The molecule has 17 heavy (non-hydrogen) atoms. The summed E-state index contributed by atoms with van der Waals surface area (Å²) in [5.74, 6) is -0.293. The molecular formula is C12H15NO4. The van der Waals surface area contributed by atoms with Crippen LogP contribution in [0.4, 0.5) is 0 Å². The normalized spacial score (nSPS) is 26.1. The summed E-state index contributed by atoms with van der Waals surface area (Å²) in [7, 11) is 0. The van der Waals surface area contributed by atoms with Gasteiger partial charge in [0, 0.05) is 17.5 Å². The van der Waals surface area contributed by atoms with Crippen LogP contribution in [-0.2, 0) is 0 Å². The predicted molar refractivity (Wildman–Crippen MR) is 60.6 cm³/mol. The number of hydrogen-bond acceptors (Lipinski definition) is 4. The first-order valence-corrected chi connectivity index (χ1v) is 5.49. The summed E-state index contributed by atoms with van der Waals surface area (Å²) in [6.07, 6.45) is 1.30. The van der Waals surface area contributed by atoms with E-state index in [1.54, 1.807) is 0 Å². The minimum atomic E-state index is -0.485. The minimum absolute atomic E-state index is 0.0584. The van der Waals surface area contributed by atoms with Gasteiger partial charge in [-0.1, -0.05) is 13.8 Å². The fourth-order valence-electron chi connectivity index (χ4n) is 1.88. The van der Waals surface area contributed by atoms with Crippen LogP contribution in [0.1, 0.15) is 30.6 Å². The maximum Gasteiger partial charge on any atom is 0.335 e. The van der Waals surface area contributed by atoms with E-state index < -0.39 is 5.63 Å². The first kappa shape index (κ1) is 11.9. The largest absolute Gasteiger partial charge is 0.430 e. The number of nitrogens with one attached hydrogen (secondary N) is 1. The molecule has 1 heterocycles. The molecule has 1 aliphatic rings. The summed E-state index contributed by atoms with van der Waals surface area (Å²) in [5.41, 5.74) is -0.492. The zero-order chi connectivity index (χ0) is 12.6. The molecule has 2 unspecified atom stereocenters. The summed E-state index contributed by atoms with van der Waals surface area (Å²) in [6, 6.07) is 2.57. The summed E-state index contributed by atoms with van der Waals surface area (Å²) >= 11 is 0. The molecule has 0 aromatic carbocycles. The topological polar surface area (TPSA) is 79.5 Å². The van der Waals surface area contributed by atoms with Gasteiger partial charge in [0.15, 0.2) is 0 Å². The van der Waals surface area contributed by atoms with Crippen LogP contribution in [0, 0.1) is 5.41 Å². The first-order chi connectivity index (χ1) is 7.91. The van der Waals surface area contributed by atoms with Crippen LogP contribution in [0.5, 0.6) is 0 Å². The first-order valence-electron chi connectivity index (χ1n) is 5.49. The van der Waals surface area contributed by atoms with Gasteiger partial charge in [-0.15, -0.1) is 0 Å². The van der Waals surface area contributed by atoms with Gasteiger partial charge < -0.3 is 14.8 Å². The van der Waals surface area contributed by atoms with Gasteiger partial charge in [0.05, 0.1) is 11.7 Å². The molecule has 0 spiro atoms. The molecule has 1 amide bonds. The molecule has 2 rings (SSSR count). The number of aliphatic hydroxyl groups excluding tert-OH is 1. The van der Waals surface area contributed by atoms with E-state index in [9.17, 15) is 14.7 Å². The third-order valence-corrected chi connectivity index (χ3v) is 3.48. The summed E-state index contributed by atoms with van der Waals surface area (Å²) in [6.45, 7) is 3.80. The molecule has 2 N–H and O–H groups in total. The van der Waals surface area contributed by atoms with E-state index in [1.165, 1.54) is 12.1 Å². The fraction of sp³-hybridized carbons (Fsp3) is 0.500. The van der Waals surface area contributed by atoms with E-state index in [4.69, 9.17) is 0 Å². The van der Waals surface area contributed by atoms with Crippen molar-refractivity contribution in [3.63, 3.8) is 0 Å². The molecule has 1 saturated carbocycles. The molecular weight excluding hydrogens is 222 g/mol. The van der Waals surface area contributed by atoms with Crippen LogP contribution in [0.15, 0.2) is 27.6 Å².